The molecule has 0 aliphatic heterocycles. The molecule has 0 heterocycles. The molecule has 8 heavy (non-hydrogen) atoms. The third-order valence-corrected chi connectivity index (χ3v) is 0.512. The van der Waals surface area contributed by atoms with E-state index in [0.717, 1.165) is 12.8 Å². The van der Waals surface area contributed by atoms with Gasteiger partial charge in [-0.3, -0.25) is 0 Å². The van der Waals surface area contributed by atoms with E-state index in [0.29, 0.717) is 6.61 Å². The summed E-state index contributed by atoms with van der Waals surface area (Å²) in [6.07, 6.45) is 2.04. The second-order valence-electron chi connectivity index (χ2n) is 1.39. The molecule has 2 heteroatoms. The molecular formula is C6H16O2. The summed E-state index contributed by atoms with van der Waals surface area (Å²) in [4.78, 5) is 0. The molecule has 0 unspecified atom stereocenters. The lowest BCUT2D eigenvalue weighted by Crippen LogP contribution is -1.75. The minimum Gasteiger partial charge on any atom is -0.397 e. The molecule has 0 saturated carbocycles. The van der Waals surface area contributed by atoms with Gasteiger partial charge in [-0.15, -0.1) is 0 Å². The molecule has 0 spiro atoms. The second-order valence-corrected chi connectivity index (χ2v) is 1.39. The molecule has 0 bridgehead atoms. The Balaban J connectivity index is 0. The lowest BCUT2D eigenvalue weighted by atomic mass is 10.4. The summed E-state index contributed by atoms with van der Waals surface area (Å²) in [6.45, 7) is 4.33. The van der Waals surface area contributed by atoms with E-state index in [1.165, 1.54) is 0 Å². The number of aliphatic hydroxyl groups excluding tert-OH is 2. The Kier molecular flexibility index (Phi) is 21.3. The molecule has 0 atom stereocenters. The largest absolute Gasteiger partial charge is 0.397 e. The zero-order valence-corrected chi connectivity index (χ0v) is 5.72. The monoisotopic (exact) mass is 120 g/mol. The van der Waals surface area contributed by atoms with Crippen LogP contribution in [0.2, 0.25) is 0 Å². The van der Waals surface area contributed by atoms with Crippen molar-refractivity contribution in [3.05, 3.63) is 0 Å². The molecule has 0 amide bonds. The topological polar surface area (TPSA) is 40.5 Å². The molecule has 0 aromatic heterocycles. The first-order chi connectivity index (χ1) is 3.83. The highest BCUT2D eigenvalue weighted by Gasteiger charge is 1.69. The van der Waals surface area contributed by atoms with Gasteiger partial charge in [-0.2, -0.15) is 0 Å². The normalized spacial score (nSPS) is 7.50. The molecule has 0 radical (unpaired) electrons. The van der Waals surface area contributed by atoms with Gasteiger partial charge in [0.1, 0.15) is 0 Å². The molecule has 0 saturated heterocycles. The summed E-state index contributed by atoms with van der Waals surface area (Å²) in [5.74, 6) is 0. The van der Waals surface area contributed by atoms with Gasteiger partial charge >= 0.3 is 0 Å². The van der Waals surface area contributed by atoms with Gasteiger partial charge < -0.3 is 10.2 Å². The van der Waals surface area contributed by atoms with Crippen LogP contribution in [0.15, 0.2) is 0 Å². The maximum absolute atomic E-state index is 8.07. The van der Waals surface area contributed by atoms with Crippen LogP contribution in [0.3, 0.4) is 0 Å². The molecule has 2 nitrogen and oxygen atoms in total. The van der Waals surface area contributed by atoms with E-state index in [1.54, 1.807) is 6.92 Å². The number of unbranched alkanes of at least 4 members (excludes halogenated alkanes) is 1. The summed E-state index contributed by atoms with van der Waals surface area (Å²) >= 11 is 0. The first-order valence-corrected chi connectivity index (χ1v) is 3.05. The SMILES string of the molecule is CCCCO.CCO. The average Bonchev–Trinajstić information content (AvgIpc) is 1.71. The predicted octanol–water partition coefficient (Wildman–Crippen LogP) is 0.777. The minimum atomic E-state index is 0.250. The van der Waals surface area contributed by atoms with Gasteiger partial charge in [-0.1, -0.05) is 13.3 Å². The average molecular weight is 120 g/mol. The van der Waals surface area contributed by atoms with Crippen LogP contribution < -0.4 is 0 Å². The van der Waals surface area contributed by atoms with Gasteiger partial charge in [0, 0.05) is 13.2 Å². The van der Waals surface area contributed by atoms with Crippen LogP contribution in [0, 0.1) is 0 Å². The van der Waals surface area contributed by atoms with Crippen LogP contribution in [0.4, 0.5) is 0 Å². The molecule has 0 aromatic carbocycles. The molecular weight excluding hydrogens is 104 g/mol. The Morgan fingerprint density at radius 3 is 1.50 bits per heavy atom. The van der Waals surface area contributed by atoms with E-state index in [4.69, 9.17) is 10.2 Å². The van der Waals surface area contributed by atoms with Gasteiger partial charge in [-0.25, -0.2) is 0 Å². The Morgan fingerprint density at radius 1 is 1.12 bits per heavy atom. The predicted molar refractivity (Wildman–Crippen MR) is 34.8 cm³/mol. The highest BCUT2D eigenvalue weighted by molar-refractivity contribution is 4.23. The first-order valence-electron chi connectivity index (χ1n) is 3.05. The molecule has 0 fully saturated rings. The van der Waals surface area contributed by atoms with Crippen LogP contribution in [-0.4, -0.2) is 23.4 Å². The van der Waals surface area contributed by atoms with E-state index >= 15 is 0 Å². The summed E-state index contributed by atoms with van der Waals surface area (Å²) in [7, 11) is 0. The highest BCUT2D eigenvalue weighted by Crippen LogP contribution is 1.78. The van der Waals surface area contributed by atoms with Crippen LogP contribution >= 0.6 is 0 Å². The Labute approximate surface area is 51.2 Å². The van der Waals surface area contributed by atoms with Crippen LogP contribution in [0.1, 0.15) is 26.7 Å². The van der Waals surface area contributed by atoms with Gasteiger partial charge in [0.2, 0.25) is 0 Å². The molecule has 0 aliphatic rings. The van der Waals surface area contributed by atoms with E-state index < -0.39 is 0 Å². The third-order valence-electron chi connectivity index (χ3n) is 0.512. The van der Waals surface area contributed by atoms with Gasteiger partial charge in [-0.05, 0) is 13.3 Å². The fraction of sp³-hybridized carbons (Fsp3) is 1.00. The number of rotatable bonds is 2. The number of hydrogen-bond donors (Lipinski definition) is 2. The highest BCUT2D eigenvalue weighted by atomic mass is 16.3. The van der Waals surface area contributed by atoms with Crippen molar-refractivity contribution in [3.63, 3.8) is 0 Å². The van der Waals surface area contributed by atoms with E-state index in [2.05, 4.69) is 6.92 Å². The second kappa shape index (κ2) is 15.8. The smallest absolute Gasteiger partial charge is 0.0430 e. The van der Waals surface area contributed by atoms with Crippen molar-refractivity contribution in [1.29, 1.82) is 0 Å². The van der Waals surface area contributed by atoms with Crippen molar-refractivity contribution >= 4 is 0 Å². The van der Waals surface area contributed by atoms with E-state index in [1.807, 2.05) is 0 Å². The Bertz CT molecular complexity index is 20.5. The Hall–Kier alpha value is -0.0800. The van der Waals surface area contributed by atoms with Crippen molar-refractivity contribution in [2.24, 2.45) is 0 Å². The van der Waals surface area contributed by atoms with E-state index in [-0.39, 0.29) is 6.61 Å². The summed E-state index contributed by atoms with van der Waals surface area (Å²) < 4.78 is 0. The van der Waals surface area contributed by atoms with Crippen molar-refractivity contribution in [3.8, 4) is 0 Å². The summed E-state index contributed by atoms with van der Waals surface area (Å²) in [5.41, 5.74) is 0. The third kappa shape index (κ3) is 38.9. The lowest BCUT2D eigenvalue weighted by molar-refractivity contribution is 0.287. The van der Waals surface area contributed by atoms with Crippen molar-refractivity contribution < 1.29 is 10.2 Å². The van der Waals surface area contributed by atoms with Crippen LogP contribution in [-0.2, 0) is 0 Å². The molecule has 0 aromatic rings. The quantitative estimate of drug-likeness (QED) is 0.565. The molecule has 0 rings (SSSR count). The maximum atomic E-state index is 8.07. The number of aliphatic hydroxyl groups is 2. The maximum Gasteiger partial charge on any atom is 0.0430 e. The fourth-order valence-electron chi connectivity index (χ4n) is 0.158. The zero-order chi connectivity index (χ0) is 6.83. The molecule has 2 N–H and O–H groups in total. The lowest BCUT2D eigenvalue weighted by Gasteiger charge is -1.79. The molecule has 0 aliphatic carbocycles. The molecule has 52 valence electrons. The van der Waals surface area contributed by atoms with Gasteiger partial charge in [0.15, 0.2) is 0 Å². The zero-order valence-electron chi connectivity index (χ0n) is 5.72. The van der Waals surface area contributed by atoms with Crippen molar-refractivity contribution in [1.82, 2.24) is 0 Å². The van der Waals surface area contributed by atoms with E-state index in [9.17, 15) is 0 Å². The van der Waals surface area contributed by atoms with Crippen molar-refractivity contribution in [2.45, 2.75) is 26.7 Å². The Morgan fingerprint density at radius 2 is 1.50 bits per heavy atom. The number of hydrogen-bond acceptors (Lipinski definition) is 2. The van der Waals surface area contributed by atoms with Crippen LogP contribution in [0.5, 0.6) is 0 Å². The standard InChI is InChI=1S/C4H10O.C2H6O/c1-2-3-4-5;1-2-3/h5H,2-4H2,1H3;3H,2H2,1H3. The fourth-order valence-corrected chi connectivity index (χ4v) is 0.158. The summed E-state index contributed by atoms with van der Waals surface area (Å²) in [6, 6.07) is 0. The van der Waals surface area contributed by atoms with Crippen molar-refractivity contribution in [2.75, 3.05) is 13.2 Å². The first kappa shape index (κ1) is 10.8. The summed E-state index contributed by atoms with van der Waals surface area (Å²) in [5, 5.41) is 15.6. The van der Waals surface area contributed by atoms with Crippen LogP contribution in [0.25, 0.3) is 0 Å². The minimum absolute atomic E-state index is 0.250. The van der Waals surface area contributed by atoms with Gasteiger partial charge in [0.05, 0.1) is 0 Å². The van der Waals surface area contributed by atoms with Gasteiger partial charge in [0.25, 0.3) is 0 Å².